The lowest BCUT2D eigenvalue weighted by Crippen LogP contribution is -2.17. The van der Waals surface area contributed by atoms with Crippen molar-refractivity contribution < 1.29 is 28.6 Å². The Hall–Kier alpha value is -3.22. The first-order chi connectivity index (χ1) is 12.6. The van der Waals surface area contributed by atoms with E-state index in [2.05, 4.69) is 5.16 Å². The third kappa shape index (κ3) is 3.72. The normalized spacial score (nSPS) is 14.2. The summed E-state index contributed by atoms with van der Waals surface area (Å²) in [5.41, 5.74) is 1.69. The molecule has 2 aromatic rings. The average Bonchev–Trinajstić information content (AvgIpc) is 2.70. The Labute approximate surface area is 151 Å². The molecule has 1 aliphatic heterocycles. The molecule has 26 heavy (non-hydrogen) atoms. The molecule has 0 aromatic heterocycles. The van der Waals surface area contributed by atoms with Crippen LogP contribution >= 0.6 is 0 Å². The number of oxime groups is 1. The van der Waals surface area contributed by atoms with Crippen LogP contribution in [0.4, 0.5) is 0 Å². The quantitative estimate of drug-likeness (QED) is 0.605. The van der Waals surface area contributed by atoms with Crippen molar-refractivity contribution in [2.24, 2.45) is 5.16 Å². The van der Waals surface area contributed by atoms with E-state index in [-0.39, 0.29) is 5.56 Å². The van der Waals surface area contributed by atoms with E-state index in [4.69, 9.17) is 23.8 Å². The molecule has 0 radical (unpaired) electrons. The summed E-state index contributed by atoms with van der Waals surface area (Å²) in [6.07, 6.45) is 0.536. The molecule has 0 saturated heterocycles. The smallest absolute Gasteiger partial charge is 0.366 e. The van der Waals surface area contributed by atoms with Gasteiger partial charge >= 0.3 is 5.97 Å². The summed E-state index contributed by atoms with van der Waals surface area (Å²) in [4.78, 5) is 17.5. The summed E-state index contributed by atoms with van der Waals surface area (Å²) in [5, 5.41) is 4.03. The van der Waals surface area contributed by atoms with E-state index in [1.165, 1.54) is 14.2 Å². The molecule has 7 nitrogen and oxygen atoms in total. The monoisotopic (exact) mass is 357 g/mol. The lowest BCUT2D eigenvalue weighted by Gasteiger charge is -2.19. The van der Waals surface area contributed by atoms with Crippen molar-refractivity contribution in [3.05, 3.63) is 47.5 Å². The molecule has 136 valence electrons. The lowest BCUT2D eigenvalue weighted by molar-refractivity contribution is 0.0513. The highest BCUT2D eigenvalue weighted by Crippen LogP contribution is 2.29. The number of methoxy groups -OCH3 is 3. The first-order valence-electron chi connectivity index (χ1n) is 7.97. The van der Waals surface area contributed by atoms with Crippen LogP contribution < -0.4 is 18.9 Å². The van der Waals surface area contributed by atoms with Gasteiger partial charge in [0.15, 0.2) is 0 Å². The topological polar surface area (TPSA) is 75.6 Å². The molecule has 0 N–H and O–H groups in total. The van der Waals surface area contributed by atoms with E-state index < -0.39 is 5.97 Å². The lowest BCUT2D eigenvalue weighted by atomic mass is 10.0. The summed E-state index contributed by atoms with van der Waals surface area (Å²) >= 11 is 0. The molecule has 7 heteroatoms. The predicted molar refractivity (Wildman–Crippen MR) is 94.6 cm³/mol. The van der Waals surface area contributed by atoms with E-state index in [1.807, 2.05) is 6.07 Å². The summed E-state index contributed by atoms with van der Waals surface area (Å²) in [6.45, 7) is 0.448. The maximum atomic E-state index is 12.3. The van der Waals surface area contributed by atoms with Crippen LogP contribution in [0.25, 0.3) is 0 Å². The molecule has 0 spiro atoms. The highest BCUT2D eigenvalue weighted by atomic mass is 16.7. The molecule has 2 aromatic carbocycles. The Bertz CT molecular complexity index is 824. The van der Waals surface area contributed by atoms with E-state index in [9.17, 15) is 4.79 Å². The average molecular weight is 357 g/mol. The van der Waals surface area contributed by atoms with Gasteiger partial charge in [0, 0.05) is 24.1 Å². The van der Waals surface area contributed by atoms with Crippen molar-refractivity contribution in [3.8, 4) is 23.0 Å². The minimum Gasteiger partial charge on any atom is -0.497 e. The molecule has 1 aliphatic rings. The maximum absolute atomic E-state index is 12.3. The number of carbonyl (C=O) groups excluding carboxylic acids is 1. The Kier molecular flexibility index (Phi) is 5.26. The fourth-order valence-corrected chi connectivity index (χ4v) is 2.55. The van der Waals surface area contributed by atoms with Crippen LogP contribution in [0.2, 0.25) is 0 Å². The molecular weight excluding hydrogens is 338 g/mol. The van der Waals surface area contributed by atoms with Gasteiger partial charge in [-0.3, -0.25) is 0 Å². The van der Waals surface area contributed by atoms with Gasteiger partial charge in [0.25, 0.3) is 0 Å². The SMILES string of the molecule is COc1cc(OC)cc(C(=O)O/N=C2\CCOc3cc(OC)ccc32)c1. The second-order valence-corrected chi connectivity index (χ2v) is 5.48. The van der Waals surface area contributed by atoms with Gasteiger partial charge in [0.05, 0.1) is 39.2 Å². The number of nitrogens with zero attached hydrogens (tertiary/aromatic N) is 1. The van der Waals surface area contributed by atoms with Crippen LogP contribution in [0.5, 0.6) is 23.0 Å². The first kappa shape index (κ1) is 17.6. The summed E-state index contributed by atoms with van der Waals surface area (Å²) in [7, 11) is 4.61. The summed E-state index contributed by atoms with van der Waals surface area (Å²) < 4.78 is 21.1. The van der Waals surface area contributed by atoms with Gasteiger partial charge in [-0.05, 0) is 24.3 Å². The van der Waals surface area contributed by atoms with E-state index in [0.717, 1.165) is 5.56 Å². The molecule has 0 aliphatic carbocycles. The zero-order valence-electron chi connectivity index (χ0n) is 14.8. The van der Waals surface area contributed by atoms with Crippen molar-refractivity contribution in [1.82, 2.24) is 0 Å². The Morgan fingerprint density at radius 2 is 1.65 bits per heavy atom. The Morgan fingerprint density at radius 1 is 0.962 bits per heavy atom. The number of benzene rings is 2. The summed E-state index contributed by atoms with van der Waals surface area (Å²) in [5.74, 6) is 1.72. The van der Waals surface area contributed by atoms with Crippen molar-refractivity contribution in [3.63, 3.8) is 0 Å². The van der Waals surface area contributed by atoms with E-state index in [1.54, 1.807) is 37.4 Å². The van der Waals surface area contributed by atoms with Crippen LogP contribution in [0.15, 0.2) is 41.6 Å². The van der Waals surface area contributed by atoms with E-state index >= 15 is 0 Å². The van der Waals surface area contributed by atoms with Gasteiger partial charge in [-0.15, -0.1) is 0 Å². The minimum atomic E-state index is -0.601. The van der Waals surface area contributed by atoms with Gasteiger partial charge in [0.2, 0.25) is 0 Å². The fourth-order valence-electron chi connectivity index (χ4n) is 2.55. The number of hydrogen-bond acceptors (Lipinski definition) is 7. The van der Waals surface area contributed by atoms with Crippen molar-refractivity contribution >= 4 is 11.7 Å². The van der Waals surface area contributed by atoms with Gasteiger partial charge in [0.1, 0.15) is 23.0 Å². The highest BCUT2D eigenvalue weighted by molar-refractivity contribution is 6.04. The molecule has 0 bridgehead atoms. The highest BCUT2D eigenvalue weighted by Gasteiger charge is 2.19. The second kappa shape index (κ2) is 7.77. The van der Waals surface area contributed by atoms with Crippen molar-refractivity contribution in [2.45, 2.75) is 6.42 Å². The number of hydrogen-bond donors (Lipinski definition) is 0. The predicted octanol–water partition coefficient (Wildman–Crippen LogP) is 3.06. The molecule has 1 heterocycles. The maximum Gasteiger partial charge on any atom is 0.366 e. The number of fused-ring (bicyclic) bond motifs is 1. The second-order valence-electron chi connectivity index (χ2n) is 5.48. The standard InChI is InChI=1S/C19H19NO6/c1-22-13-4-5-16-17(6-7-25-18(16)11-13)20-26-19(21)12-8-14(23-2)10-15(9-12)24-3/h4-5,8-11H,6-7H2,1-3H3/b20-17+. The fraction of sp³-hybridized carbons (Fsp3) is 0.263. The van der Waals surface area contributed by atoms with Crippen LogP contribution in [-0.2, 0) is 4.84 Å². The molecular formula is C19H19NO6. The van der Waals surface area contributed by atoms with Crippen molar-refractivity contribution in [2.75, 3.05) is 27.9 Å². The molecule has 0 atom stereocenters. The van der Waals surface area contributed by atoms with Crippen LogP contribution in [0, 0.1) is 0 Å². The van der Waals surface area contributed by atoms with Gasteiger partial charge in [-0.25, -0.2) is 4.79 Å². The van der Waals surface area contributed by atoms with Gasteiger partial charge in [-0.1, -0.05) is 5.16 Å². The number of ether oxygens (including phenoxy) is 4. The zero-order chi connectivity index (χ0) is 18.5. The largest absolute Gasteiger partial charge is 0.497 e. The summed E-state index contributed by atoms with van der Waals surface area (Å²) in [6, 6.07) is 10.2. The van der Waals surface area contributed by atoms with Crippen LogP contribution in [0.3, 0.4) is 0 Å². The molecule has 0 amide bonds. The van der Waals surface area contributed by atoms with Crippen LogP contribution in [0.1, 0.15) is 22.3 Å². The zero-order valence-corrected chi connectivity index (χ0v) is 14.8. The molecule has 0 unspecified atom stereocenters. The minimum absolute atomic E-state index is 0.285. The Balaban J connectivity index is 1.82. The molecule has 0 fully saturated rings. The third-order valence-electron chi connectivity index (χ3n) is 3.92. The number of carbonyl (C=O) groups is 1. The first-order valence-corrected chi connectivity index (χ1v) is 7.97. The van der Waals surface area contributed by atoms with Gasteiger partial charge < -0.3 is 23.8 Å². The molecule has 0 saturated carbocycles. The van der Waals surface area contributed by atoms with Gasteiger partial charge in [-0.2, -0.15) is 0 Å². The van der Waals surface area contributed by atoms with Crippen LogP contribution in [-0.4, -0.2) is 39.6 Å². The Morgan fingerprint density at radius 3 is 2.31 bits per heavy atom. The van der Waals surface area contributed by atoms with Crippen molar-refractivity contribution in [1.29, 1.82) is 0 Å². The number of rotatable bonds is 5. The third-order valence-corrected chi connectivity index (χ3v) is 3.92. The molecule has 3 rings (SSSR count). The van der Waals surface area contributed by atoms with E-state index in [0.29, 0.717) is 41.7 Å².